The lowest BCUT2D eigenvalue weighted by atomic mass is 9.89. The van der Waals surface area contributed by atoms with E-state index < -0.39 is 69.8 Å². The lowest BCUT2D eigenvalue weighted by Gasteiger charge is -2.43. The van der Waals surface area contributed by atoms with Gasteiger partial charge in [0.05, 0.1) is 17.3 Å². The molecule has 2 amide bonds. The lowest BCUT2D eigenvalue weighted by Crippen LogP contribution is -2.54. The fourth-order valence-electron chi connectivity index (χ4n) is 5.27. The van der Waals surface area contributed by atoms with Gasteiger partial charge in [0, 0.05) is 43.2 Å². The molecule has 4 heterocycles. The van der Waals surface area contributed by atoms with Crippen LogP contribution in [0.25, 0.3) is 0 Å². The van der Waals surface area contributed by atoms with Crippen molar-refractivity contribution in [3.8, 4) is 5.75 Å². The number of carbonyl (C=O) groups is 2. The van der Waals surface area contributed by atoms with E-state index in [9.17, 15) is 37.8 Å². The third-order valence-corrected chi connectivity index (χ3v) is 6.84. The molecule has 1 aromatic carbocycles. The van der Waals surface area contributed by atoms with Crippen molar-refractivity contribution in [1.82, 2.24) is 14.8 Å². The highest BCUT2D eigenvalue weighted by atomic mass is 19.1. The maximum atomic E-state index is 14.0. The van der Waals surface area contributed by atoms with E-state index in [-0.39, 0.29) is 30.4 Å². The molecule has 2 aromatic rings. The minimum atomic E-state index is -1.30. The number of carbonyl (C=O) groups excluding carboxylic acids is 2. The summed E-state index contributed by atoms with van der Waals surface area (Å²) in [5.41, 5.74) is -3.73. The summed E-state index contributed by atoms with van der Waals surface area (Å²) < 4.78 is 42.5. The van der Waals surface area contributed by atoms with E-state index in [0.717, 1.165) is 0 Å². The topological polar surface area (TPSA) is 112 Å². The van der Waals surface area contributed by atoms with Crippen LogP contribution >= 0.6 is 0 Å². The number of hydrogen-bond acceptors (Lipinski definition) is 5. The van der Waals surface area contributed by atoms with Crippen molar-refractivity contribution in [2.45, 2.75) is 44.0 Å². The van der Waals surface area contributed by atoms with Crippen LogP contribution in [0.2, 0.25) is 0 Å². The average Bonchev–Trinajstić information content (AvgIpc) is 2.94. The van der Waals surface area contributed by atoms with Crippen molar-refractivity contribution in [1.29, 1.82) is 0 Å². The van der Waals surface area contributed by atoms with Crippen LogP contribution in [-0.4, -0.2) is 44.1 Å². The molecular weight excluding hydrogens is 455 g/mol. The zero-order valence-corrected chi connectivity index (χ0v) is 17.9. The Kier molecular flexibility index (Phi) is 4.87. The van der Waals surface area contributed by atoms with Gasteiger partial charge in [0.2, 0.25) is 5.43 Å². The van der Waals surface area contributed by atoms with Crippen molar-refractivity contribution in [3.63, 3.8) is 0 Å². The number of allylic oxidation sites excluding steroid dienone is 1. The number of benzene rings is 1. The first-order valence-electron chi connectivity index (χ1n) is 10.7. The number of amides is 2. The van der Waals surface area contributed by atoms with Crippen molar-refractivity contribution >= 4 is 11.8 Å². The Hall–Kier alpha value is -3.60. The van der Waals surface area contributed by atoms with E-state index in [2.05, 4.69) is 5.32 Å². The second-order valence-electron chi connectivity index (χ2n) is 8.90. The van der Waals surface area contributed by atoms with E-state index in [1.54, 1.807) is 6.92 Å². The predicted molar refractivity (Wildman–Crippen MR) is 112 cm³/mol. The summed E-state index contributed by atoms with van der Waals surface area (Å²) >= 11 is 0. The van der Waals surface area contributed by atoms with E-state index in [0.29, 0.717) is 18.6 Å². The lowest BCUT2D eigenvalue weighted by molar-refractivity contribution is 0.0488. The maximum Gasteiger partial charge on any atom is 0.275 e. The van der Waals surface area contributed by atoms with Crippen LogP contribution in [0.3, 0.4) is 0 Å². The number of aliphatic hydroxyl groups is 1. The number of hydrogen-bond donors (Lipinski definition) is 3. The van der Waals surface area contributed by atoms with E-state index in [1.807, 2.05) is 12.2 Å². The molecule has 0 fully saturated rings. The normalized spacial score (nSPS) is 24.7. The summed E-state index contributed by atoms with van der Waals surface area (Å²) in [6.45, 7) is 1.28. The maximum absolute atomic E-state index is 14.0. The number of nitrogens with zero attached hydrogens (tertiary/aromatic N) is 2. The standard InChI is InChI=1S/C23H20F3N3O5/c1-10-3-2-4-23-7-15(30)17-16(19(31)20(32)18(29(17)23)22(34)28(10)9-23)21(33)27-8-12-13(25)5-11(24)6-14(12)26/h2-3,5-6,10,15,30,32H,4,7-9H2,1H3,(H,27,33)/t10-,15-,23+/m0/s1. The number of fused-ring (bicyclic) bond motifs is 1. The van der Waals surface area contributed by atoms with Gasteiger partial charge in [0.25, 0.3) is 11.8 Å². The second-order valence-corrected chi connectivity index (χ2v) is 8.90. The van der Waals surface area contributed by atoms with Gasteiger partial charge in [-0.1, -0.05) is 12.2 Å². The Morgan fingerprint density at radius 3 is 2.59 bits per heavy atom. The van der Waals surface area contributed by atoms with Crippen molar-refractivity contribution in [2.75, 3.05) is 6.54 Å². The molecule has 3 atom stereocenters. The largest absolute Gasteiger partial charge is 0.503 e. The highest BCUT2D eigenvalue weighted by molar-refractivity contribution is 6.01. The Morgan fingerprint density at radius 2 is 1.91 bits per heavy atom. The van der Waals surface area contributed by atoms with Crippen LogP contribution in [0.1, 0.15) is 58.0 Å². The minimum Gasteiger partial charge on any atom is -0.503 e. The first-order valence-corrected chi connectivity index (χ1v) is 10.7. The van der Waals surface area contributed by atoms with Gasteiger partial charge in [0.1, 0.15) is 23.0 Å². The van der Waals surface area contributed by atoms with Crippen molar-refractivity contribution < 1.29 is 33.0 Å². The number of nitrogens with one attached hydrogen (secondary N) is 1. The molecule has 2 bridgehead atoms. The van der Waals surface area contributed by atoms with Gasteiger partial charge in [-0.05, 0) is 13.3 Å². The predicted octanol–water partition coefficient (Wildman–Crippen LogP) is 1.84. The van der Waals surface area contributed by atoms with Gasteiger partial charge in [-0.25, -0.2) is 13.2 Å². The summed E-state index contributed by atoms with van der Waals surface area (Å²) in [6, 6.07) is 0.601. The van der Waals surface area contributed by atoms with E-state index >= 15 is 0 Å². The van der Waals surface area contributed by atoms with Crippen molar-refractivity contribution in [3.05, 3.63) is 74.5 Å². The van der Waals surface area contributed by atoms with Crippen molar-refractivity contribution in [2.24, 2.45) is 0 Å². The number of aromatic nitrogens is 1. The number of rotatable bonds is 3. The van der Waals surface area contributed by atoms with Crippen LogP contribution in [0.15, 0.2) is 29.1 Å². The van der Waals surface area contributed by atoms with Crippen LogP contribution in [0, 0.1) is 17.5 Å². The fourth-order valence-corrected chi connectivity index (χ4v) is 5.27. The molecule has 0 saturated heterocycles. The molecule has 8 nitrogen and oxygen atoms in total. The Morgan fingerprint density at radius 1 is 1.24 bits per heavy atom. The second kappa shape index (κ2) is 7.45. The van der Waals surface area contributed by atoms with Gasteiger partial charge in [-0.2, -0.15) is 0 Å². The summed E-state index contributed by atoms with van der Waals surface area (Å²) in [5, 5.41) is 23.8. The SMILES string of the molecule is C[C@H]1C=CC[C@]23C[C@H](O)c4c(C(=O)NCc5c(F)cc(F)cc5F)c(=O)c(O)c(n42)C(=O)N1C3. The summed E-state index contributed by atoms with van der Waals surface area (Å²) in [5.74, 6) is -6.22. The third kappa shape index (κ3) is 2.99. The molecular formula is C23H20F3N3O5. The molecule has 0 unspecified atom stereocenters. The Labute approximate surface area is 190 Å². The van der Waals surface area contributed by atoms with Gasteiger partial charge in [-0.3, -0.25) is 14.4 Å². The number of aromatic hydroxyl groups is 1. The average molecular weight is 475 g/mol. The minimum absolute atomic E-state index is 0.0885. The molecule has 5 rings (SSSR count). The van der Waals surface area contributed by atoms with Crippen LogP contribution in [0.5, 0.6) is 5.75 Å². The molecule has 1 spiro atoms. The van der Waals surface area contributed by atoms with Gasteiger partial charge < -0.3 is 25.0 Å². The Balaban J connectivity index is 1.62. The molecule has 11 heteroatoms. The highest BCUT2D eigenvalue weighted by Gasteiger charge is 2.54. The zero-order chi connectivity index (χ0) is 24.5. The fraction of sp³-hybridized carbons (Fsp3) is 0.348. The monoisotopic (exact) mass is 475 g/mol. The summed E-state index contributed by atoms with van der Waals surface area (Å²) in [4.78, 5) is 40.7. The molecule has 3 aliphatic heterocycles. The van der Waals surface area contributed by atoms with E-state index in [1.165, 1.54) is 9.47 Å². The molecule has 0 saturated carbocycles. The highest BCUT2D eigenvalue weighted by Crippen LogP contribution is 2.49. The quantitative estimate of drug-likeness (QED) is 0.587. The Bertz CT molecular complexity index is 1330. The van der Waals surface area contributed by atoms with Gasteiger partial charge in [0.15, 0.2) is 11.4 Å². The van der Waals surface area contributed by atoms with Crippen LogP contribution in [-0.2, 0) is 12.1 Å². The number of pyridine rings is 1. The molecule has 0 radical (unpaired) electrons. The first kappa shape index (κ1) is 22.2. The van der Waals surface area contributed by atoms with Crippen LogP contribution in [0.4, 0.5) is 13.2 Å². The molecule has 178 valence electrons. The smallest absolute Gasteiger partial charge is 0.275 e. The molecule has 3 N–H and O–H groups in total. The molecule has 0 aliphatic carbocycles. The number of halogens is 3. The van der Waals surface area contributed by atoms with Crippen LogP contribution < -0.4 is 10.7 Å². The summed E-state index contributed by atoms with van der Waals surface area (Å²) in [6.07, 6.45) is 2.84. The molecule has 1 aromatic heterocycles. The molecule has 3 aliphatic rings. The van der Waals surface area contributed by atoms with Gasteiger partial charge in [-0.15, -0.1) is 0 Å². The van der Waals surface area contributed by atoms with E-state index in [4.69, 9.17) is 0 Å². The zero-order valence-electron chi connectivity index (χ0n) is 17.9. The summed E-state index contributed by atoms with van der Waals surface area (Å²) in [7, 11) is 0. The molecule has 34 heavy (non-hydrogen) atoms. The third-order valence-electron chi connectivity index (χ3n) is 6.84. The number of aliphatic hydroxyl groups excluding tert-OH is 1. The first-order chi connectivity index (χ1) is 16.1. The van der Waals surface area contributed by atoms with Gasteiger partial charge >= 0.3 is 0 Å².